The maximum atomic E-state index is 13.4. The van der Waals surface area contributed by atoms with Crippen LogP contribution in [0.4, 0.5) is 13.2 Å². The number of ether oxygens (including phenoxy) is 2. The Kier molecular flexibility index (Phi) is 6.85. The van der Waals surface area contributed by atoms with E-state index in [0.29, 0.717) is 5.02 Å². The number of halogens is 4. The van der Waals surface area contributed by atoms with Crippen LogP contribution in [0.3, 0.4) is 0 Å². The van der Waals surface area contributed by atoms with Gasteiger partial charge in [0.15, 0.2) is 11.2 Å². The van der Waals surface area contributed by atoms with Gasteiger partial charge >= 0.3 is 18.1 Å². The van der Waals surface area contributed by atoms with E-state index in [-0.39, 0.29) is 41.9 Å². The zero-order valence-electron chi connectivity index (χ0n) is 19.5. The van der Waals surface area contributed by atoms with Gasteiger partial charge in [0.05, 0.1) is 6.54 Å². The van der Waals surface area contributed by atoms with E-state index in [4.69, 9.17) is 16.3 Å². The molecule has 0 bridgehead atoms. The second-order valence-corrected chi connectivity index (χ2v) is 8.99. The van der Waals surface area contributed by atoms with Gasteiger partial charge in [-0.15, -0.1) is 13.2 Å². The number of alkyl halides is 3. The molecule has 8 nitrogen and oxygen atoms in total. The van der Waals surface area contributed by atoms with Crippen LogP contribution in [-0.2, 0) is 20.1 Å². The maximum Gasteiger partial charge on any atom is 0.573 e. The number of imidazole rings is 1. The molecule has 0 spiro atoms. The van der Waals surface area contributed by atoms with Gasteiger partial charge < -0.3 is 9.47 Å². The number of rotatable bonds is 7. The molecule has 2 aromatic heterocycles. The van der Waals surface area contributed by atoms with Crippen molar-refractivity contribution in [3.63, 3.8) is 0 Å². The Labute approximate surface area is 208 Å². The van der Waals surface area contributed by atoms with E-state index in [9.17, 15) is 22.8 Å². The van der Waals surface area contributed by atoms with E-state index in [1.54, 1.807) is 24.3 Å². The van der Waals surface area contributed by atoms with Gasteiger partial charge in [-0.05, 0) is 35.7 Å². The topological polar surface area (TPSA) is 80.3 Å². The SMILES string of the molecule is CC(C)Cn1c(=O)c2c(nc(Oc3cccc(OC(F)(F)F)c3)n2Cc2ccc(Cl)cc2)n(C)c1=O. The van der Waals surface area contributed by atoms with Gasteiger partial charge in [0.2, 0.25) is 0 Å². The zero-order chi connectivity index (χ0) is 26.2. The number of aryl methyl sites for hydroxylation is 1. The average molecular weight is 523 g/mol. The van der Waals surface area contributed by atoms with Crippen molar-refractivity contribution in [1.82, 2.24) is 18.7 Å². The van der Waals surface area contributed by atoms with Crippen molar-refractivity contribution < 1.29 is 22.6 Å². The molecular formula is C24H22ClF3N4O4. The van der Waals surface area contributed by atoms with Gasteiger partial charge in [0, 0.05) is 24.7 Å². The summed E-state index contributed by atoms with van der Waals surface area (Å²) in [7, 11) is 1.49. The third-order valence-electron chi connectivity index (χ3n) is 5.25. The fraction of sp³-hybridized carbons (Fsp3) is 0.292. The summed E-state index contributed by atoms with van der Waals surface area (Å²) in [6, 6.07) is 11.7. The lowest BCUT2D eigenvalue weighted by Crippen LogP contribution is -2.40. The first-order valence-electron chi connectivity index (χ1n) is 10.9. The number of aromatic nitrogens is 4. The molecule has 0 amide bonds. The highest BCUT2D eigenvalue weighted by Crippen LogP contribution is 2.30. The molecule has 0 radical (unpaired) electrons. The molecule has 0 aliphatic heterocycles. The maximum absolute atomic E-state index is 13.4. The average Bonchev–Trinajstić information content (AvgIpc) is 3.13. The molecule has 0 aliphatic carbocycles. The number of fused-ring (bicyclic) bond motifs is 1. The molecule has 0 unspecified atom stereocenters. The van der Waals surface area contributed by atoms with Crippen molar-refractivity contribution in [3.8, 4) is 17.5 Å². The second-order valence-electron chi connectivity index (χ2n) is 8.56. The Morgan fingerprint density at radius 1 is 1.03 bits per heavy atom. The summed E-state index contributed by atoms with van der Waals surface area (Å²) in [5.41, 5.74) is -0.139. The minimum atomic E-state index is -4.87. The largest absolute Gasteiger partial charge is 0.573 e. The molecule has 0 saturated carbocycles. The standard InChI is InChI=1S/C24H22ClF3N4O4/c1-14(2)12-32-21(33)19-20(30(3)23(32)34)29-22(31(19)13-15-7-9-16(25)10-8-15)35-17-5-4-6-18(11-17)36-24(26,27)28/h4-11,14H,12-13H2,1-3H3. The Morgan fingerprint density at radius 2 is 1.69 bits per heavy atom. The fourth-order valence-electron chi connectivity index (χ4n) is 3.71. The van der Waals surface area contributed by atoms with E-state index in [2.05, 4.69) is 9.72 Å². The lowest BCUT2D eigenvalue weighted by molar-refractivity contribution is -0.274. The zero-order valence-corrected chi connectivity index (χ0v) is 20.3. The third-order valence-corrected chi connectivity index (χ3v) is 5.50. The van der Waals surface area contributed by atoms with E-state index in [0.717, 1.165) is 22.3 Å². The van der Waals surface area contributed by atoms with Crippen LogP contribution in [0.15, 0.2) is 58.1 Å². The van der Waals surface area contributed by atoms with Gasteiger partial charge in [-0.2, -0.15) is 4.98 Å². The summed E-state index contributed by atoms with van der Waals surface area (Å²) in [4.78, 5) is 30.7. The summed E-state index contributed by atoms with van der Waals surface area (Å²) in [5, 5.41) is 0.522. The van der Waals surface area contributed by atoms with E-state index < -0.39 is 23.4 Å². The van der Waals surface area contributed by atoms with E-state index in [1.165, 1.54) is 28.3 Å². The van der Waals surface area contributed by atoms with Crippen LogP contribution in [0.25, 0.3) is 11.2 Å². The second kappa shape index (κ2) is 9.73. The molecular weight excluding hydrogens is 501 g/mol. The van der Waals surface area contributed by atoms with Gasteiger partial charge in [-0.25, -0.2) is 4.79 Å². The summed E-state index contributed by atoms with van der Waals surface area (Å²) in [5.74, 6) is -0.462. The fourth-order valence-corrected chi connectivity index (χ4v) is 3.84. The minimum Gasteiger partial charge on any atom is -0.425 e. The normalized spacial score (nSPS) is 11.9. The van der Waals surface area contributed by atoms with Crippen LogP contribution in [0.1, 0.15) is 19.4 Å². The number of nitrogens with zero attached hydrogens (tertiary/aromatic N) is 4. The highest BCUT2D eigenvalue weighted by molar-refractivity contribution is 6.30. The van der Waals surface area contributed by atoms with Crippen molar-refractivity contribution in [3.05, 3.63) is 80.0 Å². The van der Waals surface area contributed by atoms with Crippen LogP contribution in [0.2, 0.25) is 5.02 Å². The molecule has 4 aromatic rings. The predicted molar refractivity (Wildman–Crippen MR) is 128 cm³/mol. The van der Waals surface area contributed by atoms with Crippen LogP contribution >= 0.6 is 11.6 Å². The highest BCUT2D eigenvalue weighted by Gasteiger charge is 2.31. The Hall–Kier alpha value is -3.73. The van der Waals surface area contributed by atoms with Gasteiger partial charge in [-0.1, -0.05) is 43.6 Å². The molecule has 0 fully saturated rings. The Bertz CT molecular complexity index is 1520. The highest BCUT2D eigenvalue weighted by atomic mass is 35.5. The van der Waals surface area contributed by atoms with Crippen LogP contribution < -0.4 is 20.7 Å². The first-order chi connectivity index (χ1) is 16.9. The van der Waals surface area contributed by atoms with E-state index in [1.807, 2.05) is 13.8 Å². The molecule has 0 atom stereocenters. The Balaban J connectivity index is 1.88. The first kappa shape index (κ1) is 25.4. The molecule has 36 heavy (non-hydrogen) atoms. The number of benzene rings is 2. The molecule has 12 heteroatoms. The van der Waals surface area contributed by atoms with E-state index >= 15 is 0 Å². The monoisotopic (exact) mass is 522 g/mol. The minimum absolute atomic E-state index is 0.00285. The lowest BCUT2D eigenvalue weighted by Gasteiger charge is -2.13. The summed E-state index contributed by atoms with van der Waals surface area (Å²) in [6.07, 6.45) is -4.87. The smallest absolute Gasteiger partial charge is 0.425 e. The summed E-state index contributed by atoms with van der Waals surface area (Å²) < 4.78 is 51.7. The Morgan fingerprint density at radius 3 is 2.33 bits per heavy atom. The molecule has 2 heterocycles. The molecule has 4 rings (SSSR count). The summed E-state index contributed by atoms with van der Waals surface area (Å²) >= 11 is 5.99. The molecule has 0 aliphatic rings. The molecule has 190 valence electrons. The molecule has 2 aromatic carbocycles. The van der Waals surface area contributed by atoms with Crippen LogP contribution in [0, 0.1) is 5.92 Å². The van der Waals surface area contributed by atoms with Crippen molar-refractivity contribution in [2.24, 2.45) is 13.0 Å². The number of hydrogen-bond acceptors (Lipinski definition) is 5. The van der Waals surface area contributed by atoms with Crippen molar-refractivity contribution in [1.29, 1.82) is 0 Å². The summed E-state index contributed by atoms with van der Waals surface area (Å²) in [6.45, 7) is 4.08. The molecule has 0 saturated heterocycles. The molecule has 0 N–H and O–H groups in total. The van der Waals surface area contributed by atoms with Gasteiger partial charge in [0.1, 0.15) is 11.5 Å². The quantitative estimate of drug-likeness (QED) is 0.343. The first-order valence-corrected chi connectivity index (χ1v) is 11.3. The van der Waals surface area contributed by atoms with Crippen molar-refractivity contribution in [2.45, 2.75) is 33.3 Å². The van der Waals surface area contributed by atoms with Crippen molar-refractivity contribution >= 4 is 22.8 Å². The van der Waals surface area contributed by atoms with Gasteiger partial charge in [-0.3, -0.25) is 18.5 Å². The lowest BCUT2D eigenvalue weighted by atomic mass is 10.2. The third kappa shape index (κ3) is 5.40. The van der Waals surface area contributed by atoms with Crippen molar-refractivity contribution in [2.75, 3.05) is 0 Å². The van der Waals surface area contributed by atoms with Crippen LogP contribution in [0.5, 0.6) is 17.5 Å². The van der Waals surface area contributed by atoms with Gasteiger partial charge in [0.25, 0.3) is 5.56 Å². The number of hydrogen-bond donors (Lipinski definition) is 0. The van der Waals surface area contributed by atoms with Crippen LogP contribution in [-0.4, -0.2) is 25.0 Å². The predicted octanol–water partition coefficient (Wildman–Crippen LogP) is 4.95.